The summed E-state index contributed by atoms with van der Waals surface area (Å²) in [7, 11) is 0. The van der Waals surface area contributed by atoms with Gasteiger partial charge in [0, 0.05) is 11.6 Å². The minimum Gasteiger partial charge on any atom is -0.491 e. The molecule has 0 heterocycles. The predicted octanol–water partition coefficient (Wildman–Crippen LogP) is 3.44. The molecule has 1 unspecified atom stereocenters. The molecular formula is C16H18ClNO2. The normalized spacial score (nSPS) is 12.1. The van der Waals surface area contributed by atoms with Gasteiger partial charge in [0.15, 0.2) is 0 Å². The van der Waals surface area contributed by atoms with Crippen LogP contribution in [0.3, 0.4) is 0 Å². The van der Waals surface area contributed by atoms with Crippen LogP contribution in [-0.2, 0) is 4.74 Å². The van der Waals surface area contributed by atoms with Gasteiger partial charge < -0.3 is 15.2 Å². The molecule has 0 saturated heterocycles. The maximum atomic E-state index is 5.86. The van der Waals surface area contributed by atoms with E-state index in [2.05, 4.69) is 0 Å². The summed E-state index contributed by atoms with van der Waals surface area (Å²) in [5, 5.41) is 0.705. The number of para-hydroxylation sites is 1. The molecule has 4 heteroatoms. The average molecular weight is 292 g/mol. The minimum atomic E-state index is -0.133. The average Bonchev–Trinajstić information content (AvgIpc) is 2.50. The van der Waals surface area contributed by atoms with Gasteiger partial charge in [-0.05, 0) is 29.8 Å². The van der Waals surface area contributed by atoms with E-state index in [1.807, 2.05) is 54.6 Å². The Labute approximate surface area is 124 Å². The molecule has 0 spiro atoms. The molecule has 2 N–H and O–H groups in total. The van der Waals surface area contributed by atoms with Gasteiger partial charge in [0.25, 0.3) is 0 Å². The van der Waals surface area contributed by atoms with Crippen molar-refractivity contribution < 1.29 is 9.47 Å². The first-order valence-electron chi connectivity index (χ1n) is 6.54. The molecule has 3 nitrogen and oxygen atoms in total. The number of rotatable bonds is 7. The zero-order valence-corrected chi connectivity index (χ0v) is 11.9. The summed E-state index contributed by atoms with van der Waals surface area (Å²) < 4.78 is 11.3. The van der Waals surface area contributed by atoms with Crippen LogP contribution in [0.25, 0.3) is 0 Å². The fourth-order valence-corrected chi connectivity index (χ4v) is 1.97. The van der Waals surface area contributed by atoms with Crippen LogP contribution in [0.5, 0.6) is 5.75 Å². The molecule has 20 heavy (non-hydrogen) atoms. The van der Waals surface area contributed by atoms with E-state index >= 15 is 0 Å². The van der Waals surface area contributed by atoms with E-state index in [9.17, 15) is 0 Å². The lowest BCUT2D eigenvalue weighted by atomic mass is 10.1. The van der Waals surface area contributed by atoms with Crippen molar-refractivity contribution in [1.82, 2.24) is 0 Å². The van der Waals surface area contributed by atoms with E-state index in [0.29, 0.717) is 24.8 Å². The molecule has 2 rings (SSSR count). The molecule has 2 aromatic carbocycles. The lowest BCUT2D eigenvalue weighted by Gasteiger charge is -2.16. The molecule has 0 aliphatic carbocycles. The lowest BCUT2D eigenvalue weighted by Crippen LogP contribution is -2.18. The predicted molar refractivity (Wildman–Crippen MR) is 81.1 cm³/mol. The van der Waals surface area contributed by atoms with Gasteiger partial charge in [0.1, 0.15) is 12.4 Å². The summed E-state index contributed by atoms with van der Waals surface area (Å²) in [6.45, 7) is 1.40. The van der Waals surface area contributed by atoms with Crippen molar-refractivity contribution in [3.63, 3.8) is 0 Å². The lowest BCUT2D eigenvalue weighted by molar-refractivity contribution is 0.0380. The first kappa shape index (κ1) is 14.9. The smallest absolute Gasteiger partial charge is 0.119 e. The molecule has 0 amide bonds. The number of hydrogen-bond donors (Lipinski definition) is 1. The minimum absolute atomic E-state index is 0.133. The molecule has 1 atom stereocenters. The molecule has 2 aromatic rings. The highest BCUT2D eigenvalue weighted by molar-refractivity contribution is 6.30. The van der Waals surface area contributed by atoms with E-state index < -0.39 is 0 Å². The van der Waals surface area contributed by atoms with Crippen molar-refractivity contribution in [1.29, 1.82) is 0 Å². The number of benzene rings is 2. The Morgan fingerprint density at radius 3 is 2.30 bits per heavy atom. The Balaban J connectivity index is 1.78. The van der Waals surface area contributed by atoms with Crippen LogP contribution >= 0.6 is 11.6 Å². The van der Waals surface area contributed by atoms with Crippen molar-refractivity contribution in [2.75, 3.05) is 19.8 Å². The van der Waals surface area contributed by atoms with Crippen molar-refractivity contribution in [3.05, 3.63) is 65.2 Å². The van der Waals surface area contributed by atoms with Crippen molar-refractivity contribution in [3.8, 4) is 5.75 Å². The third-order valence-electron chi connectivity index (χ3n) is 2.87. The fourth-order valence-electron chi connectivity index (χ4n) is 1.84. The van der Waals surface area contributed by atoms with Gasteiger partial charge >= 0.3 is 0 Å². The van der Waals surface area contributed by atoms with Crippen LogP contribution in [0.4, 0.5) is 0 Å². The molecule has 0 saturated carbocycles. The van der Waals surface area contributed by atoms with Crippen molar-refractivity contribution >= 4 is 11.6 Å². The van der Waals surface area contributed by atoms with E-state index in [0.717, 1.165) is 11.3 Å². The molecular weight excluding hydrogens is 274 g/mol. The van der Waals surface area contributed by atoms with Crippen LogP contribution in [0, 0.1) is 0 Å². The summed E-state index contributed by atoms with van der Waals surface area (Å²) >= 11 is 5.86. The van der Waals surface area contributed by atoms with E-state index in [1.54, 1.807) is 0 Å². The maximum absolute atomic E-state index is 5.86. The molecule has 0 aliphatic heterocycles. The first-order valence-corrected chi connectivity index (χ1v) is 6.92. The SMILES string of the molecule is NCC(OCCOc1ccccc1)c1ccc(Cl)cc1. The van der Waals surface area contributed by atoms with Gasteiger partial charge in [-0.25, -0.2) is 0 Å². The summed E-state index contributed by atoms with van der Waals surface area (Å²) in [6, 6.07) is 17.2. The van der Waals surface area contributed by atoms with E-state index in [-0.39, 0.29) is 6.10 Å². The third-order valence-corrected chi connectivity index (χ3v) is 3.12. The Morgan fingerprint density at radius 2 is 1.65 bits per heavy atom. The summed E-state index contributed by atoms with van der Waals surface area (Å²) in [5.74, 6) is 0.840. The maximum Gasteiger partial charge on any atom is 0.119 e. The quantitative estimate of drug-likeness (QED) is 0.795. The highest BCUT2D eigenvalue weighted by Crippen LogP contribution is 2.19. The summed E-state index contributed by atoms with van der Waals surface area (Å²) in [6.07, 6.45) is -0.133. The fraction of sp³-hybridized carbons (Fsp3) is 0.250. The van der Waals surface area contributed by atoms with Crippen molar-refractivity contribution in [2.24, 2.45) is 5.73 Å². The zero-order chi connectivity index (χ0) is 14.2. The Hall–Kier alpha value is -1.55. The Bertz CT molecular complexity index is 502. The molecule has 0 aromatic heterocycles. The first-order chi connectivity index (χ1) is 9.79. The number of halogens is 1. The van der Waals surface area contributed by atoms with Crippen LogP contribution < -0.4 is 10.5 Å². The van der Waals surface area contributed by atoms with Gasteiger partial charge in [-0.15, -0.1) is 0 Å². The molecule has 106 valence electrons. The van der Waals surface area contributed by atoms with E-state index in [1.165, 1.54) is 0 Å². The van der Waals surface area contributed by atoms with Crippen LogP contribution in [0.2, 0.25) is 5.02 Å². The third kappa shape index (κ3) is 4.53. The summed E-state index contributed by atoms with van der Waals surface area (Å²) in [5.41, 5.74) is 6.76. The van der Waals surface area contributed by atoms with Gasteiger partial charge in [-0.1, -0.05) is 41.9 Å². The second-order valence-electron chi connectivity index (χ2n) is 4.31. The van der Waals surface area contributed by atoms with Crippen LogP contribution in [0.15, 0.2) is 54.6 Å². The standard InChI is InChI=1S/C16H18ClNO2/c17-14-8-6-13(7-9-14)16(12-18)20-11-10-19-15-4-2-1-3-5-15/h1-9,16H,10-12,18H2. The van der Waals surface area contributed by atoms with Gasteiger partial charge in [-0.3, -0.25) is 0 Å². The Morgan fingerprint density at radius 1 is 0.950 bits per heavy atom. The van der Waals surface area contributed by atoms with Gasteiger partial charge in [0.05, 0.1) is 12.7 Å². The molecule has 0 fully saturated rings. The molecule has 0 aliphatic rings. The summed E-state index contributed by atoms with van der Waals surface area (Å²) in [4.78, 5) is 0. The highest BCUT2D eigenvalue weighted by atomic mass is 35.5. The number of hydrogen-bond acceptors (Lipinski definition) is 3. The second kappa shape index (κ2) is 7.90. The largest absolute Gasteiger partial charge is 0.491 e. The number of ether oxygens (including phenoxy) is 2. The van der Waals surface area contributed by atoms with Crippen LogP contribution in [-0.4, -0.2) is 19.8 Å². The van der Waals surface area contributed by atoms with E-state index in [4.69, 9.17) is 26.8 Å². The molecule has 0 bridgehead atoms. The van der Waals surface area contributed by atoms with Crippen molar-refractivity contribution in [2.45, 2.75) is 6.10 Å². The second-order valence-corrected chi connectivity index (χ2v) is 4.74. The topological polar surface area (TPSA) is 44.5 Å². The van der Waals surface area contributed by atoms with Crippen LogP contribution in [0.1, 0.15) is 11.7 Å². The monoisotopic (exact) mass is 291 g/mol. The highest BCUT2D eigenvalue weighted by Gasteiger charge is 2.09. The number of nitrogens with two attached hydrogens (primary N) is 1. The zero-order valence-electron chi connectivity index (χ0n) is 11.2. The van der Waals surface area contributed by atoms with Gasteiger partial charge in [0.2, 0.25) is 0 Å². The Kier molecular flexibility index (Phi) is 5.87. The van der Waals surface area contributed by atoms with Gasteiger partial charge in [-0.2, -0.15) is 0 Å². The molecule has 0 radical (unpaired) electrons.